The van der Waals surface area contributed by atoms with E-state index >= 15 is 0 Å². The summed E-state index contributed by atoms with van der Waals surface area (Å²) >= 11 is 0. The molecule has 15 heavy (non-hydrogen) atoms. The summed E-state index contributed by atoms with van der Waals surface area (Å²) in [4.78, 5) is 0. The van der Waals surface area contributed by atoms with Gasteiger partial charge >= 0.3 is 0 Å². The molecule has 0 spiro atoms. The summed E-state index contributed by atoms with van der Waals surface area (Å²) in [6.45, 7) is 3.52. The lowest BCUT2D eigenvalue weighted by Crippen LogP contribution is -2.58. The molecule has 0 amide bonds. The maximum atomic E-state index is 9.54. The molecule has 5 nitrogen and oxygen atoms in total. The number of rotatable bonds is 2. The average molecular weight is 216 g/mol. The number of hydrogen-bond acceptors (Lipinski definition) is 5. The van der Waals surface area contributed by atoms with E-state index in [1.54, 1.807) is 13.8 Å². The van der Waals surface area contributed by atoms with Crippen molar-refractivity contribution in [2.24, 2.45) is 0 Å². The molecule has 1 aliphatic heterocycles. The first-order chi connectivity index (χ1) is 6.97. The van der Waals surface area contributed by atoms with Crippen LogP contribution in [0.25, 0.3) is 0 Å². The van der Waals surface area contributed by atoms with Gasteiger partial charge in [0.1, 0.15) is 24.4 Å². The summed E-state index contributed by atoms with van der Waals surface area (Å²) in [5, 5.41) is 28.4. The predicted octanol–water partition coefficient (Wildman–Crippen LogP) is -1.15. The zero-order valence-electron chi connectivity index (χ0n) is 8.70. The third-order valence-electron chi connectivity index (χ3n) is 2.14. The van der Waals surface area contributed by atoms with Crippen molar-refractivity contribution in [3.8, 4) is 12.3 Å². The van der Waals surface area contributed by atoms with Gasteiger partial charge in [0.05, 0.1) is 6.10 Å². The Morgan fingerprint density at radius 3 is 2.27 bits per heavy atom. The maximum Gasteiger partial charge on any atom is 0.188 e. The summed E-state index contributed by atoms with van der Waals surface area (Å²) in [6, 6.07) is 0. The Morgan fingerprint density at radius 1 is 1.20 bits per heavy atom. The molecular formula is C10H16O5. The van der Waals surface area contributed by atoms with Crippen LogP contribution in [0, 0.1) is 12.3 Å². The van der Waals surface area contributed by atoms with Gasteiger partial charge in [0.2, 0.25) is 0 Å². The van der Waals surface area contributed by atoms with Gasteiger partial charge in [0.25, 0.3) is 0 Å². The fraction of sp³-hybridized carbons (Fsp3) is 0.800. The lowest BCUT2D eigenvalue weighted by atomic mass is 9.99. The Labute approximate surface area is 88.6 Å². The molecule has 0 aliphatic carbocycles. The van der Waals surface area contributed by atoms with Crippen molar-refractivity contribution < 1.29 is 24.8 Å². The van der Waals surface area contributed by atoms with Gasteiger partial charge in [-0.1, -0.05) is 5.92 Å². The highest BCUT2D eigenvalue weighted by Crippen LogP contribution is 2.22. The third-order valence-corrected chi connectivity index (χ3v) is 2.14. The molecule has 1 heterocycles. The predicted molar refractivity (Wildman–Crippen MR) is 51.7 cm³/mol. The number of aliphatic hydroxyl groups excluding tert-OH is 3. The van der Waals surface area contributed by atoms with E-state index in [4.69, 9.17) is 15.9 Å². The van der Waals surface area contributed by atoms with Crippen LogP contribution in [-0.2, 0) is 9.47 Å². The SMILES string of the molecule is C#CC1O[C@@H](OC(C)C)C(O)[C@@H](O)[C@@H]1O. The third kappa shape index (κ3) is 2.68. The Morgan fingerprint density at radius 2 is 1.80 bits per heavy atom. The van der Waals surface area contributed by atoms with Crippen LogP contribution < -0.4 is 0 Å². The Hall–Kier alpha value is -0.640. The summed E-state index contributed by atoms with van der Waals surface area (Å²) in [6.07, 6.45) is -0.991. The first kappa shape index (κ1) is 12.4. The minimum absolute atomic E-state index is 0.175. The first-order valence-electron chi connectivity index (χ1n) is 4.78. The number of aliphatic hydroxyl groups is 3. The Balaban J connectivity index is 2.71. The normalized spacial score (nSPS) is 41.5. The Kier molecular flexibility index (Phi) is 4.08. The van der Waals surface area contributed by atoms with Gasteiger partial charge in [-0.05, 0) is 13.8 Å². The molecule has 0 bridgehead atoms. The van der Waals surface area contributed by atoms with E-state index in [9.17, 15) is 15.3 Å². The minimum atomic E-state index is -1.36. The summed E-state index contributed by atoms with van der Waals surface area (Å²) in [5.41, 5.74) is 0. The topological polar surface area (TPSA) is 79.2 Å². The molecule has 0 aromatic rings. The molecule has 0 aromatic heterocycles. The summed E-state index contributed by atoms with van der Waals surface area (Å²) < 4.78 is 10.3. The molecule has 5 heteroatoms. The molecule has 1 saturated heterocycles. The molecular weight excluding hydrogens is 200 g/mol. The van der Waals surface area contributed by atoms with Crippen LogP contribution in [0.3, 0.4) is 0 Å². The van der Waals surface area contributed by atoms with Gasteiger partial charge in [0, 0.05) is 0 Å². The van der Waals surface area contributed by atoms with E-state index in [1.807, 2.05) is 0 Å². The highest BCUT2D eigenvalue weighted by atomic mass is 16.7. The monoisotopic (exact) mass is 216 g/mol. The zero-order valence-corrected chi connectivity index (χ0v) is 8.70. The zero-order chi connectivity index (χ0) is 11.6. The average Bonchev–Trinajstić information content (AvgIpc) is 2.18. The van der Waals surface area contributed by atoms with Crippen molar-refractivity contribution in [1.82, 2.24) is 0 Å². The Bertz CT molecular complexity index is 247. The van der Waals surface area contributed by atoms with Crippen molar-refractivity contribution in [1.29, 1.82) is 0 Å². The van der Waals surface area contributed by atoms with Gasteiger partial charge in [-0.25, -0.2) is 0 Å². The lowest BCUT2D eigenvalue weighted by Gasteiger charge is -2.38. The molecule has 1 aliphatic rings. The highest BCUT2D eigenvalue weighted by Gasteiger charge is 2.43. The highest BCUT2D eigenvalue weighted by molar-refractivity contribution is 5.05. The van der Waals surface area contributed by atoms with E-state index in [1.165, 1.54) is 0 Å². The summed E-state index contributed by atoms with van der Waals surface area (Å²) in [5.74, 6) is 2.18. The van der Waals surface area contributed by atoms with Crippen LogP contribution in [0.2, 0.25) is 0 Å². The molecule has 0 radical (unpaired) electrons. The minimum Gasteiger partial charge on any atom is -0.387 e. The van der Waals surface area contributed by atoms with Gasteiger partial charge in [-0.15, -0.1) is 6.42 Å². The molecule has 0 saturated carbocycles. The van der Waals surface area contributed by atoms with Crippen molar-refractivity contribution in [2.45, 2.75) is 50.7 Å². The lowest BCUT2D eigenvalue weighted by molar-refractivity contribution is -0.293. The number of hydrogen-bond donors (Lipinski definition) is 3. The van der Waals surface area contributed by atoms with Crippen LogP contribution in [-0.4, -0.2) is 52.1 Å². The van der Waals surface area contributed by atoms with E-state index in [-0.39, 0.29) is 6.10 Å². The molecule has 2 unspecified atom stereocenters. The molecule has 5 atom stereocenters. The molecule has 3 N–H and O–H groups in total. The van der Waals surface area contributed by atoms with E-state index in [0.717, 1.165) is 0 Å². The first-order valence-corrected chi connectivity index (χ1v) is 4.78. The van der Waals surface area contributed by atoms with E-state index in [2.05, 4.69) is 5.92 Å². The van der Waals surface area contributed by atoms with Gasteiger partial charge in [0.15, 0.2) is 6.29 Å². The van der Waals surface area contributed by atoms with Crippen LogP contribution >= 0.6 is 0 Å². The van der Waals surface area contributed by atoms with Crippen LogP contribution in [0.15, 0.2) is 0 Å². The molecule has 86 valence electrons. The maximum absolute atomic E-state index is 9.54. The quantitative estimate of drug-likeness (QED) is 0.508. The van der Waals surface area contributed by atoms with Crippen LogP contribution in [0.5, 0.6) is 0 Å². The van der Waals surface area contributed by atoms with Crippen LogP contribution in [0.4, 0.5) is 0 Å². The smallest absolute Gasteiger partial charge is 0.188 e. The number of ether oxygens (including phenoxy) is 2. The largest absolute Gasteiger partial charge is 0.387 e. The second-order valence-corrected chi connectivity index (χ2v) is 3.75. The van der Waals surface area contributed by atoms with Crippen molar-refractivity contribution >= 4 is 0 Å². The van der Waals surface area contributed by atoms with Gasteiger partial charge in [-0.2, -0.15) is 0 Å². The molecule has 0 aromatic carbocycles. The van der Waals surface area contributed by atoms with Crippen molar-refractivity contribution in [3.63, 3.8) is 0 Å². The van der Waals surface area contributed by atoms with Crippen LogP contribution in [0.1, 0.15) is 13.8 Å². The standard InChI is InChI=1S/C10H16O5/c1-4-6-7(11)8(12)9(13)10(15-6)14-5(2)3/h1,5-13H,2-3H3/t6?,7-,8+,9?,10-/m1/s1. The second-order valence-electron chi connectivity index (χ2n) is 3.75. The van der Waals surface area contributed by atoms with Gasteiger partial charge < -0.3 is 24.8 Å². The molecule has 1 fully saturated rings. The van der Waals surface area contributed by atoms with Gasteiger partial charge in [-0.3, -0.25) is 0 Å². The van der Waals surface area contributed by atoms with Crippen molar-refractivity contribution in [2.75, 3.05) is 0 Å². The molecule has 1 rings (SSSR count). The fourth-order valence-electron chi connectivity index (χ4n) is 1.37. The van der Waals surface area contributed by atoms with E-state index < -0.39 is 30.7 Å². The van der Waals surface area contributed by atoms with Crippen molar-refractivity contribution in [3.05, 3.63) is 0 Å². The summed E-state index contributed by atoms with van der Waals surface area (Å²) in [7, 11) is 0. The van der Waals surface area contributed by atoms with E-state index in [0.29, 0.717) is 0 Å². The fourth-order valence-corrected chi connectivity index (χ4v) is 1.37. The number of terminal acetylenes is 1. The second kappa shape index (κ2) is 4.92.